The van der Waals surface area contributed by atoms with Gasteiger partial charge < -0.3 is 19.1 Å². The molecule has 2 aromatic rings. The number of ether oxygens (including phenoxy) is 3. The molecule has 166 valence electrons. The molecule has 1 aliphatic heterocycles. The van der Waals surface area contributed by atoms with Gasteiger partial charge in [0.05, 0.1) is 27.0 Å². The molecule has 1 saturated carbocycles. The third-order valence-electron chi connectivity index (χ3n) is 6.44. The third kappa shape index (κ3) is 4.75. The molecule has 0 atom stereocenters. The number of piperidine rings is 1. The van der Waals surface area contributed by atoms with E-state index < -0.39 is 0 Å². The van der Waals surface area contributed by atoms with Crippen molar-refractivity contribution in [3.05, 3.63) is 41.5 Å². The lowest BCUT2D eigenvalue weighted by atomic mass is 9.86. The van der Waals surface area contributed by atoms with E-state index in [0.717, 1.165) is 29.8 Å². The lowest BCUT2D eigenvalue weighted by Gasteiger charge is -2.32. The van der Waals surface area contributed by atoms with Gasteiger partial charge >= 0.3 is 0 Å². The predicted octanol–water partition coefficient (Wildman–Crippen LogP) is 4.00. The number of carbonyl (C=O) groups excluding carboxylic acids is 1. The van der Waals surface area contributed by atoms with Crippen molar-refractivity contribution in [2.75, 3.05) is 33.9 Å². The van der Waals surface area contributed by atoms with Gasteiger partial charge in [0.1, 0.15) is 11.4 Å². The highest BCUT2D eigenvalue weighted by atomic mass is 16.5. The Morgan fingerprint density at radius 3 is 2.39 bits per heavy atom. The summed E-state index contributed by atoms with van der Waals surface area (Å²) in [6, 6.07) is 3.66. The first-order valence-electron chi connectivity index (χ1n) is 11.1. The summed E-state index contributed by atoms with van der Waals surface area (Å²) in [5, 5.41) is 0. The van der Waals surface area contributed by atoms with Crippen molar-refractivity contribution in [3.63, 3.8) is 0 Å². The molecule has 3 heterocycles. The van der Waals surface area contributed by atoms with Crippen LogP contribution in [0.2, 0.25) is 0 Å². The number of hydrogen-bond donors (Lipinski definition) is 0. The monoisotopic (exact) mass is 425 g/mol. The summed E-state index contributed by atoms with van der Waals surface area (Å²) >= 11 is 0. The van der Waals surface area contributed by atoms with Crippen LogP contribution in [0.25, 0.3) is 0 Å². The molecule has 0 aromatic carbocycles. The van der Waals surface area contributed by atoms with Gasteiger partial charge in [0, 0.05) is 42.7 Å². The molecule has 7 heteroatoms. The highest BCUT2D eigenvalue weighted by molar-refractivity contribution is 5.93. The van der Waals surface area contributed by atoms with Gasteiger partial charge in [0.25, 0.3) is 5.91 Å². The number of nitrogens with zero attached hydrogens (tertiary/aromatic N) is 3. The average molecular weight is 426 g/mol. The van der Waals surface area contributed by atoms with Gasteiger partial charge in [-0.1, -0.05) is 6.42 Å². The molecule has 1 saturated heterocycles. The first-order valence-corrected chi connectivity index (χ1v) is 11.1. The number of pyridine rings is 2. The van der Waals surface area contributed by atoms with Gasteiger partial charge in [0.15, 0.2) is 11.5 Å². The summed E-state index contributed by atoms with van der Waals surface area (Å²) in [6.07, 6.45) is 8.96. The zero-order valence-corrected chi connectivity index (χ0v) is 18.6. The molecular formula is C24H31N3O4. The molecule has 2 aliphatic rings. The first kappa shape index (κ1) is 21.4. The van der Waals surface area contributed by atoms with Crippen molar-refractivity contribution >= 4 is 5.91 Å². The lowest BCUT2D eigenvalue weighted by Crippen LogP contribution is -2.38. The molecule has 0 radical (unpaired) electrons. The van der Waals surface area contributed by atoms with Crippen molar-refractivity contribution in [2.45, 2.75) is 44.9 Å². The van der Waals surface area contributed by atoms with E-state index in [1.807, 2.05) is 24.1 Å². The number of rotatable bonds is 7. The van der Waals surface area contributed by atoms with Crippen LogP contribution in [0.4, 0.5) is 0 Å². The second kappa shape index (κ2) is 9.54. The van der Waals surface area contributed by atoms with Crippen molar-refractivity contribution in [1.29, 1.82) is 0 Å². The van der Waals surface area contributed by atoms with Crippen molar-refractivity contribution in [1.82, 2.24) is 14.9 Å². The molecule has 1 amide bonds. The Hall–Kier alpha value is -2.83. The fourth-order valence-corrected chi connectivity index (χ4v) is 4.26. The van der Waals surface area contributed by atoms with E-state index in [1.165, 1.54) is 19.3 Å². The maximum Gasteiger partial charge on any atom is 0.272 e. The van der Waals surface area contributed by atoms with E-state index in [4.69, 9.17) is 14.2 Å². The first-order chi connectivity index (χ1) is 15.1. The standard InChI is InChI=1S/C24H31N3O4/c1-16-11-21(29-2)19(13-25-16)18-7-9-27(10-8-18)24(28)20-12-22(30-3)23(14-26-20)31-15-17-5-4-6-17/h11-14,17-18H,4-10,15H2,1-3H3. The molecular weight excluding hydrogens is 394 g/mol. The topological polar surface area (TPSA) is 73.8 Å². The minimum atomic E-state index is -0.0729. The number of likely N-dealkylation sites (tertiary alicyclic amines) is 1. The summed E-state index contributed by atoms with van der Waals surface area (Å²) in [5.74, 6) is 2.91. The second-order valence-electron chi connectivity index (χ2n) is 8.46. The number of hydrogen-bond acceptors (Lipinski definition) is 6. The summed E-state index contributed by atoms with van der Waals surface area (Å²) < 4.78 is 16.9. The zero-order valence-electron chi connectivity index (χ0n) is 18.6. The molecule has 4 rings (SSSR count). The molecule has 2 fully saturated rings. The fraction of sp³-hybridized carbons (Fsp3) is 0.542. The molecule has 0 bridgehead atoms. The van der Waals surface area contributed by atoms with Gasteiger partial charge in [-0.25, -0.2) is 4.98 Å². The number of aryl methyl sites for hydroxylation is 1. The Balaban J connectivity index is 1.39. The lowest BCUT2D eigenvalue weighted by molar-refractivity contribution is 0.0706. The highest BCUT2D eigenvalue weighted by Crippen LogP contribution is 2.35. The van der Waals surface area contributed by atoms with Gasteiger partial charge in [0.2, 0.25) is 0 Å². The Morgan fingerprint density at radius 2 is 1.74 bits per heavy atom. The van der Waals surface area contributed by atoms with Gasteiger partial charge in [-0.2, -0.15) is 0 Å². The van der Waals surface area contributed by atoms with Crippen LogP contribution >= 0.6 is 0 Å². The van der Waals surface area contributed by atoms with E-state index >= 15 is 0 Å². The van der Waals surface area contributed by atoms with E-state index in [9.17, 15) is 4.79 Å². The second-order valence-corrected chi connectivity index (χ2v) is 8.46. The third-order valence-corrected chi connectivity index (χ3v) is 6.44. The molecule has 1 aliphatic carbocycles. The molecule has 31 heavy (non-hydrogen) atoms. The van der Waals surface area contributed by atoms with Crippen molar-refractivity contribution in [3.8, 4) is 17.2 Å². The highest BCUT2D eigenvalue weighted by Gasteiger charge is 2.28. The van der Waals surface area contributed by atoms with Crippen LogP contribution < -0.4 is 14.2 Å². The normalized spacial score (nSPS) is 17.2. The van der Waals surface area contributed by atoms with Crippen LogP contribution in [0, 0.1) is 12.8 Å². The smallest absolute Gasteiger partial charge is 0.272 e. The molecule has 0 N–H and O–H groups in total. The predicted molar refractivity (Wildman–Crippen MR) is 117 cm³/mol. The Kier molecular flexibility index (Phi) is 6.59. The maximum absolute atomic E-state index is 13.0. The minimum Gasteiger partial charge on any atom is -0.496 e. The Labute approximate surface area is 183 Å². The van der Waals surface area contributed by atoms with Crippen molar-refractivity contribution in [2.24, 2.45) is 5.92 Å². The molecule has 7 nitrogen and oxygen atoms in total. The van der Waals surface area contributed by atoms with E-state index in [2.05, 4.69) is 9.97 Å². The summed E-state index contributed by atoms with van der Waals surface area (Å²) in [6.45, 7) is 3.98. The van der Waals surface area contributed by atoms with Crippen LogP contribution in [0.15, 0.2) is 24.5 Å². The quantitative estimate of drug-likeness (QED) is 0.668. The number of carbonyl (C=O) groups is 1. The van der Waals surface area contributed by atoms with Crippen LogP contribution in [0.3, 0.4) is 0 Å². The van der Waals surface area contributed by atoms with E-state index in [1.54, 1.807) is 26.5 Å². The van der Waals surface area contributed by atoms with Gasteiger partial charge in [-0.3, -0.25) is 9.78 Å². The van der Waals surface area contributed by atoms with Crippen LogP contribution in [-0.2, 0) is 0 Å². The largest absolute Gasteiger partial charge is 0.496 e. The van der Waals surface area contributed by atoms with E-state index in [-0.39, 0.29) is 5.91 Å². The Bertz CT molecular complexity index is 921. The summed E-state index contributed by atoms with van der Waals surface area (Å²) in [5.41, 5.74) is 2.45. The SMILES string of the molecule is COc1cc(C(=O)N2CCC(c3cnc(C)cc3OC)CC2)ncc1OCC1CCC1. The van der Waals surface area contributed by atoms with Gasteiger partial charge in [-0.15, -0.1) is 0 Å². The van der Waals surface area contributed by atoms with Gasteiger partial charge in [-0.05, 0) is 44.4 Å². The number of amides is 1. The average Bonchev–Trinajstić information content (AvgIpc) is 2.77. The van der Waals surface area contributed by atoms with E-state index in [0.29, 0.717) is 48.7 Å². The number of aromatic nitrogens is 2. The van der Waals surface area contributed by atoms with Crippen LogP contribution in [-0.4, -0.2) is 54.7 Å². The molecule has 0 spiro atoms. The maximum atomic E-state index is 13.0. The molecule has 0 unspecified atom stereocenters. The van der Waals surface area contributed by atoms with Crippen LogP contribution in [0.1, 0.15) is 59.8 Å². The summed E-state index contributed by atoms with van der Waals surface area (Å²) in [7, 11) is 3.28. The number of methoxy groups -OCH3 is 2. The Morgan fingerprint density at radius 1 is 1.00 bits per heavy atom. The molecule has 2 aromatic heterocycles. The summed E-state index contributed by atoms with van der Waals surface area (Å²) in [4.78, 5) is 23.7. The zero-order chi connectivity index (χ0) is 21.8. The van der Waals surface area contributed by atoms with Crippen LogP contribution in [0.5, 0.6) is 17.2 Å². The minimum absolute atomic E-state index is 0.0729. The van der Waals surface area contributed by atoms with Crippen molar-refractivity contribution < 1.29 is 19.0 Å². The fourth-order valence-electron chi connectivity index (χ4n) is 4.26.